The Labute approximate surface area is 164 Å². The van der Waals surface area contributed by atoms with Crippen LogP contribution in [-0.4, -0.2) is 25.9 Å². The average Bonchev–Trinajstić information content (AvgIpc) is 2.68. The van der Waals surface area contributed by atoms with Gasteiger partial charge < -0.3 is 14.8 Å². The Kier molecular flexibility index (Phi) is 6.23. The van der Waals surface area contributed by atoms with E-state index in [0.29, 0.717) is 6.04 Å². The smallest absolute Gasteiger partial charge is 0.118 e. The first-order valence-electron chi connectivity index (χ1n) is 10.0. The van der Waals surface area contributed by atoms with Crippen molar-refractivity contribution in [1.82, 2.24) is 5.32 Å². The highest BCUT2D eigenvalue weighted by Gasteiger charge is 2.41. The van der Waals surface area contributed by atoms with Crippen molar-refractivity contribution in [3.05, 3.63) is 65.7 Å². The molecule has 2 aromatic carbocycles. The quantitative estimate of drug-likeness (QED) is 0.724. The molecule has 3 heteroatoms. The summed E-state index contributed by atoms with van der Waals surface area (Å²) >= 11 is 0. The average molecular weight is 368 g/mol. The Balaban J connectivity index is 1.74. The molecule has 0 bridgehead atoms. The molecule has 1 N–H and O–H groups in total. The van der Waals surface area contributed by atoms with Crippen LogP contribution in [0.1, 0.15) is 57.2 Å². The second kappa shape index (κ2) is 8.45. The van der Waals surface area contributed by atoms with Gasteiger partial charge >= 0.3 is 0 Å². The highest BCUT2D eigenvalue weighted by atomic mass is 16.5. The zero-order valence-electron chi connectivity index (χ0n) is 17.1. The standard InChI is InChI=1S/C24H33NO2/c1-19(20-8-6-5-7-9-20)25-16-14-24(15-17-27-23(2,3)18-24)21-10-12-22(26-4)13-11-21/h5-13,19,25H,14-18H2,1-4H3/t19-,24-/m1/s1. The molecule has 1 heterocycles. The van der Waals surface area contributed by atoms with Gasteiger partial charge in [0.1, 0.15) is 5.75 Å². The molecule has 0 saturated carbocycles. The van der Waals surface area contributed by atoms with Gasteiger partial charge in [-0.3, -0.25) is 0 Å². The lowest BCUT2D eigenvalue weighted by Gasteiger charge is -2.45. The molecule has 2 atom stereocenters. The fraction of sp³-hybridized carbons (Fsp3) is 0.500. The lowest BCUT2D eigenvalue weighted by Crippen LogP contribution is -2.45. The first-order valence-corrected chi connectivity index (χ1v) is 10.0. The van der Waals surface area contributed by atoms with E-state index in [1.807, 2.05) is 0 Å². The van der Waals surface area contributed by atoms with Crippen molar-refractivity contribution in [3.63, 3.8) is 0 Å². The molecular weight excluding hydrogens is 334 g/mol. The van der Waals surface area contributed by atoms with Crippen LogP contribution in [0.2, 0.25) is 0 Å². The van der Waals surface area contributed by atoms with E-state index in [1.165, 1.54) is 11.1 Å². The van der Waals surface area contributed by atoms with E-state index in [0.717, 1.165) is 38.2 Å². The summed E-state index contributed by atoms with van der Waals surface area (Å²) in [5.74, 6) is 0.913. The van der Waals surface area contributed by atoms with Gasteiger partial charge in [-0.05, 0) is 69.8 Å². The van der Waals surface area contributed by atoms with Crippen molar-refractivity contribution in [3.8, 4) is 5.75 Å². The fourth-order valence-corrected chi connectivity index (χ4v) is 4.41. The van der Waals surface area contributed by atoms with Crippen molar-refractivity contribution in [1.29, 1.82) is 0 Å². The summed E-state index contributed by atoms with van der Waals surface area (Å²) in [6.07, 6.45) is 3.20. The number of ether oxygens (including phenoxy) is 2. The Morgan fingerprint density at radius 1 is 1.07 bits per heavy atom. The molecule has 1 saturated heterocycles. The van der Waals surface area contributed by atoms with Gasteiger partial charge in [-0.2, -0.15) is 0 Å². The molecule has 146 valence electrons. The minimum Gasteiger partial charge on any atom is -0.497 e. The summed E-state index contributed by atoms with van der Waals surface area (Å²) in [4.78, 5) is 0. The van der Waals surface area contributed by atoms with E-state index >= 15 is 0 Å². The highest BCUT2D eigenvalue weighted by Crippen LogP contribution is 2.44. The van der Waals surface area contributed by atoms with Crippen molar-refractivity contribution in [2.24, 2.45) is 0 Å². The van der Waals surface area contributed by atoms with Crippen LogP contribution in [0.4, 0.5) is 0 Å². The summed E-state index contributed by atoms with van der Waals surface area (Å²) in [5, 5.41) is 3.73. The Morgan fingerprint density at radius 2 is 1.78 bits per heavy atom. The van der Waals surface area contributed by atoms with Gasteiger partial charge in [0.15, 0.2) is 0 Å². The van der Waals surface area contributed by atoms with Gasteiger partial charge in [-0.15, -0.1) is 0 Å². The van der Waals surface area contributed by atoms with Crippen LogP contribution >= 0.6 is 0 Å². The number of rotatable bonds is 7. The van der Waals surface area contributed by atoms with Crippen molar-refractivity contribution in [2.45, 2.75) is 57.1 Å². The lowest BCUT2D eigenvalue weighted by molar-refractivity contribution is -0.0840. The van der Waals surface area contributed by atoms with Crippen LogP contribution < -0.4 is 10.1 Å². The number of hydrogen-bond donors (Lipinski definition) is 1. The molecule has 0 aliphatic carbocycles. The molecule has 27 heavy (non-hydrogen) atoms. The third-order valence-electron chi connectivity index (χ3n) is 5.89. The predicted octanol–water partition coefficient (Wildman–Crippen LogP) is 5.26. The number of methoxy groups -OCH3 is 1. The maximum Gasteiger partial charge on any atom is 0.118 e. The third kappa shape index (κ3) is 4.91. The molecule has 1 fully saturated rings. The van der Waals surface area contributed by atoms with Gasteiger partial charge in [0, 0.05) is 18.1 Å². The molecule has 0 aromatic heterocycles. The summed E-state index contributed by atoms with van der Waals surface area (Å²) in [7, 11) is 1.72. The molecule has 1 aliphatic rings. The first kappa shape index (κ1) is 19.9. The third-order valence-corrected chi connectivity index (χ3v) is 5.89. The highest BCUT2D eigenvalue weighted by molar-refractivity contribution is 5.33. The predicted molar refractivity (Wildman–Crippen MR) is 111 cm³/mol. The maximum atomic E-state index is 6.04. The minimum atomic E-state index is -0.0940. The molecule has 0 amide bonds. The summed E-state index contributed by atoms with van der Waals surface area (Å²) in [5.41, 5.74) is 2.78. The van der Waals surface area contributed by atoms with Crippen LogP contribution in [0.3, 0.4) is 0 Å². The van der Waals surface area contributed by atoms with Gasteiger partial charge in [-0.25, -0.2) is 0 Å². The molecule has 2 aromatic rings. The van der Waals surface area contributed by atoms with Gasteiger partial charge in [0.25, 0.3) is 0 Å². The normalized spacial score (nSPS) is 23.0. The molecule has 0 unspecified atom stereocenters. The van der Waals surface area contributed by atoms with Gasteiger partial charge in [0.05, 0.1) is 12.7 Å². The van der Waals surface area contributed by atoms with Gasteiger partial charge in [-0.1, -0.05) is 42.5 Å². The molecule has 3 rings (SSSR count). The van der Waals surface area contributed by atoms with E-state index in [1.54, 1.807) is 7.11 Å². The molecule has 0 spiro atoms. The van der Waals surface area contributed by atoms with E-state index in [2.05, 4.69) is 80.7 Å². The summed E-state index contributed by atoms with van der Waals surface area (Å²) in [6, 6.07) is 19.6. The second-order valence-electron chi connectivity index (χ2n) is 8.38. The van der Waals surface area contributed by atoms with Crippen LogP contribution in [0.15, 0.2) is 54.6 Å². The van der Waals surface area contributed by atoms with Crippen LogP contribution in [0.5, 0.6) is 5.75 Å². The largest absolute Gasteiger partial charge is 0.497 e. The van der Waals surface area contributed by atoms with Crippen LogP contribution in [-0.2, 0) is 10.2 Å². The topological polar surface area (TPSA) is 30.5 Å². The van der Waals surface area contributed by atoms with E-state index in [-0.39, 0.29) is 11.0 Å². The number of hydrogen-bond acceptors (Lipinski definition) is 3. The first-order chi connectivity index (χ1) is 12.9. The lowest BCUT2D eigenvalue weighted by atomic mass is 9.67. The van der Waals surface area contributed by atoms with Gasteiger partial charge in [0.2, 0.25) is 0 Å². The SMILES string of the molecule is COc1ccc([C@]2(CCN[C@H](C)c3ccccc3)CCOC(C)(C)C2)cc1. The molecule has 3 nitrogen and oxygen atoms in total. The zero-order chi connectivity index (χ0) is 19.3. The number of nitrogens with one attached hydrogen (secondary N) is 1. The fourth-order valence-electron chi connectivity index (χ4n) is 4.41. The minimum absolute atomic E-state index is 0.0940. The monoisotopic (exact) mass is 367 g/mol. The Hall–Kier alpha value is -1.84. The number of benzene rings is 2. The molecule has 0 radical (unpaired) electrons. The maximum absolute atomic E-state index is 6.04. The van der Waals surface area contributed by atoms with Crippen molar-refractivity contribution >= 4 is 0 Å². The van der Waals surface area contributed by atoms with Crippen LogP contribution in [0.25, 0.3) is 0 Å². The summed E-state index contributed by atoms with van der Waals surface area (Å²) < 4.78 is 11.4. The van der Waals surface area contributed by atoms with E-state index < -0.39 is 0 Å². The van der Waals surface area contributed by atoms with E-state index in [4.69, 9.17) is 9.47 Å². The van der Waals surface area contributed by atoms with E-state index in [9.17, 15) is 0 Å². The molecular formula is C24H33NO2. The van der Waals surface area contributed by atoms with Crippen LogP contribution in [0, 0.1) is 0 Å². The molecule has 1 aliphatic heterocycles. The summed E-state index contributed by atoms with van der Waals surface area (Å²) in [6.45, 7) is 8.46. The second-order valence-corrected chi connectivity index (χ2v) is 8.38. The van der Waals surface area contributed by atoms with Crippen molar-refractivity contribution in [2.75, 3.05) is 20.3 Å². The Morgan fingerprint density at radius 3 is 2.41 bits per heavy atom. The Bertz CT molecular complexity index is 711. The zero-order valence-corrected chi connectivity index (χ0v) is 17.1. The van der Waals surface area contributed by atoms with Crippen molar-refractivity contribution < 1.29 is 9.47 Å².